The highest BCUT2D eigenvalue weighted by atomic mass is 16.5. The molecule has 2 N–H and O–H groups in total. The van der Waals surface area contributed by atoms with Gasteiger partial charge in [0.1, 0.15) is 17.8 Å². The van der Waals surface area contributed by atoms with Gasteiger partial charge in [0.15, 0.2) is 0 Å². The molecular formula is C13H13NO4. The minimum Gasteiger partial charge on any atom is -0.491 e. The van der Waals surface area contributed by atoms with E-state index in [2.05, 4.69) is 5.32 Å². The second-order valence-electron chi connectivity index (χ2n) is 4.76. The van der Waals surface area contributed by atoms with Crippen LogP contribution in [0.1, 0.15) is 24.4 Å². The van der Waals surface area contributed by atoms with Crippen molar-refractivity contribution in [3.05, 3.63) is 29.8 Å². The van der Waals surface area contributed by atoms with Crippen molar-refractivity contribution in [3.63, 3.8) is 0 Å². The molecule has 0 bridgehead atoms. The van der Waals surface area contributed by atoms with Crippen LogP contribution in [-0.2, 0) is 9.59 Å². The van der Waals surface area contributed by atoms with E-state index in [1.807, 2.05) is 24.3 Å². The van der Waals surface area contributed by atoms with E-state index in [1.165, 1.54) is 0 Å². The summed E-state index contributed by atoms with van der Waals surface area (Å²) < 4.78 is 5.44. The number of carboxylic acids is 1. The number of nitrogens with one attached hydrogen (secondary N) is 1. The van der Waals surface area contributed by atoms with Crippen LogP contribution in [0.25, 0.3) is 0 Å². The van der Waals surface area contributed by atoms with Crippen molar-refractivity contribution in [2.24, 2.45) is 5.41 Å². The van der Waals surface area contributed by atoms with Crippen molar-refractivity contribution in [1.82, 2.24) is 5.32 Å². The van der Waals surface area contributed by atoms with Gasteiger partial charge in [0.2, 0.25) is 5.91 Å². The number of hydrogen-bond donors (Lipinski definition) is 2. The molecule has 5 heteroatoms. The molecule has 2 aliphatic rings. The Kier molecular flexibility index (Phi) is 2.29. The lowest BCUT2D eigenvalue weighted by Gasteiger charge is -2.15. The lowest BCUT2D eigenvalue weighted by Crippen LogP contribution is -2.39. The Morgan fingerprint density at radius 2 is 2.06 bits per heavy atom. The van der Waals surface area contributed by atoms with Gasteiger partial charge >= 0.3 is 5.97 Å². The highest BCUT2D eigenvalue weighted by Crippen LogP contribution is 2.46. The molecule has 0 unspecified atom stereocenters. The van der Waals surface area contributed by atoms with Crippen LogP contribution in [0, 0.1) is 5.41 Å². The number of benzene rings is 1. The van der Waals surface area contributed by atoms with Crippen molar-refractivity contribution in [2.45, 2.75) is 18.9 Å². The smallest absolute Gasteiger partial charge is 0.319 e. The predicted molar refractivity (Wildman–Crippen MR) is 62.1 cm³/mol. The van der Waals surface area contributed by atoms with Crippen LogP contribution in [0.4, 0.5) is 0 Å². The molecule has 0 spiro atoms. The van der Waals surface area contributed by atoms with Gasteiger partial charge in [0.25, 0.3) is 0 Å². The first-order valence-electron chi connectivity index (χ1n) is 5.89. The molecule has 1 aliphatic carbocycles. The number of aliphatic carboxylic acids is 1. The van der Waals surface area contributed by atoms with Gasteiger partial charge < -0.3 is 15.2 Å². The average Bonchev–Trinajstić information content (AvgIpc) is 3.09. The van der Waals surface area contributed by atoms with Crippen LogP contribution in [0.3, 0.4) is 0 Å². The lowest BCUT2D eigenvalue weighted by molar-refractivity contribution is -0.149. The summed E-state index contributed by atoms with van der Waals surface area (Å²) in [6.45, 7) is 0.362. The fraction of sp³-hybridized carbons (Fsp3) is 0.385. The predicted octanol–water partition coefficient (Wildman–Crippen LogP) is 1.10. The summed E-state index contributed by atoms with van der Waals surface area (Å²) in [5.41, 5.74) is -0.288. The zero-order chi connectivity index (χ0) is 12.8. The summed E-state index contributed by atoms with van der Waals surface area (Å²) in [4.78, 5) is 23.0. The van der Waals surface area contributed by atoms with Crippen LogP contribution >= 0.6 is 0 Å². The lowest BCUT2D eigenvalue weighted by atomic mass is 10.0. The van der Waals surface area contributed by atoms with Crippen LogP contribution in [-0.4, -0.2) is 23.6 Å². The SMILES string of the molecule is O=C(O)C1(C(=O)N[C@@H]2COc3ccccc32)CC1. The maximum Gasteiger partial charge on any atom is 0.319 e. The second-order valence-corrected chi connectivity index (χ2v) is 4.76. The minimum atomic E-state index is -1.20. The minimum absolute atomic E-state index is 0.245. The summed E-state index contributed by atoms with van der Waals surface area (Å²) in [6, 6.07) is 7.21. The van der Waals surface area contributed by atoms with Crippen molar-refractivity contribution in [2.75, 3.05) is 6.61 Å². The van der Waals surface area contributed by atoms with E-state index < -0.39 is 17.3 Å². The summed E-state index contributed by atoms with van der Waals surface area (Å²) in [7, 11) is 0. The molecule has 94 valence electrons. The fourth-order valence-corrected chi connectivity index (χ4v) is 2.24. The van der Waals surface area contributed by atoms with Gasteiger partial charge in [0, 0.05) is 5.56 Å². The fourth-order valence-electron chi connectivity index (χ4n) is 2.24. The Balaban J connectivity index is 1.76. The molecule has 1 aromatic carbocycles. The van der Waals surface area contributed by atoms with E-state index >= 15 is 0 Å². The van der Waals surface area contributed by atoms with E-state index in [1.54, 1.807) is 0 Å². The summed E-state index contributed by atoms with van der Waals surface area (Å²) in [6.07, 6.45) is 0.840. The van der Waals surface area contributed by atoms with E-state index in [0.717, 1.165) is 11.3 Å². The van der Waals surface area contributed by atoms with E-state index in [-0.39, 0.29) is 6.04 Å². The third kappa shape index (κ3) is 1.54. The number of rotatable bonds is 3. The van der Waals surface area contributed by atoms with Gasteiger partial charge in [-0.25, -0.2) is 0 Å². The average molecular weight is 247 g/mol. The molecule has 1 amide bonds. The summed E-state index contributed by atoms with van der Waals surface area (Å²) in [5, 5.41) is 11.8. The Bertz CT molecular complexity index is 521. The molecule has 5 nitrogen and oxygen atoms in total. The van der Waals surface area contributed by atoms with Gasteiger partial charge in [-0.1, -0.05) is 18.2 Å². The quantitative estimate of drug-likeness (QED) is 0.784. The van der Waals surface area contributed by atoms with E-state index in [0.29, 0.717) is 19.4 Å². The van der Waals surface area contributed by atoms with Crippen molar-refractivity contribution in [1.29, 1.82) is 0 Å². The number of fused-ring (bicyclic) bond motifs is 1. The molecule has 0 saturated heterocycles. The molecule has 1 saturated carbocycles. The largest absolute Gasteiger partial charge is 0.491 e. The molecule has 1 fully saturated rings. The van der Waals surface area contributed by atoms with Gasteiger partial charge in [-0.3, -0.25) is 9.59 Å². The molecule has 1 heterocycles. The molecule has 1 aliphatic heterocycles. The number of hydrogen-bond acceptors (Lipinski definition) is 3. The van der Waals surface area contributed by atoms with Crippen LogP contribution in [0.15, 0.2) is 24.3 Å². The monoisotopic (exact) mass is 247 g/mol. The molecule has 0 radical (unpaired) electrons. The number of carbonyl (C=O) groups is 2. The second kappa shape index (κ2) is 3.73. The Labute approximate surface area is 104 Å². The van der Waals surface area contributed by atoms with Crippen LogP contribution in [0.5, 0.6) is 5.75 Å². The van der Waals surface area contributed by atoms with Crippen molar-refractivity contribution < 1.29 is 19.4 Å². The van der Waals surface area contributed by atoms with E-state index in [4.69, 9.17) is 9.84 Å². The zero-order valence-corrected chi connectivity index (χ0v) is 9.68. The first kappa shape index (κ1) is 11.1. The van der Waals surface area contributed by atoms with Gasteiger partial charge in [-0.2, -0.15) is 0 Å². The standard InChI is InChI=1S/C13H13NO4/c15-11(13(5-6-13)12(16)17)14-9-7-18-10-4-2-1-3-8(9)10/h1-4,9H,5-7H2,(H,14,15)(H,16,17)/t9-/m1/s1. The molecule has 1 atom stereocenters. The number of carbonyl (C=O) groups excluding carboxylic acids is 1. The highest BCUT2D eigenvalue weighted by molar-refractivity contribution is 6.05. The maximum absolute atomic E-state index is 12.0. The molecule has 18 heavy (non-hydrogen) atoms. The van der Waals surface area contributed by atoms with Crippen molar-refractivity contribution >= 4 is 11.9 Å². The summed E-state index contributed by atoms with van der Waals surface area (Å²) in [5.74, 6) is -0.685. The normalized spacial score (nSPS) is 22.8. The molecule has 1 aromatic rings. The van der Waals surface area contributed by atoms with Crippen LogP contribution < -0.4 is 10.1 Å². The number of amides is 1. The van der Waals surface area contributed by atoms with Gasteiger partial charge in [-0.05, 0) is 18.9 Å². The third-order valence-electron chi connectivity index (χ3n) is 3.60. The topological polar surface area (TPSA) is 75.6 Å². The Hall–Kier alpha value is -2.04. The Morgan fingerprint density at radius 1 is 1.33 bits per heavy atom. The molecular weight excluding hydrogens is 234 g/mol. The number of carboxylic acid groups (broad SMARTS) is 1. The number of ether oxygens (including phenoxy) is 1. The first-order valence-corrected chi connectivity index (χ1v) is 5.89. The van der Waals surface area contributed by atoms with Crippen LogP contribution in [0.2, 0.25) is 0 Å². The first-order chi connectivity index (χ1) is 8.63. The van der Waals surface area contributed by atoms with Gasteiger partial charge in [-0.15, -0.1) is 0 Å². The Morgan fingerprint density at radius 3 is 2.72 bits per heavy atom. The zero-order valence-electron chi connectivity index (χ0n) is 9.68. The maximum atomic E-state index is 12.0. The van der Waals surface area contributed by atoms with Gasteiger partial charge in [0.05, 0.1) is 6.04 Å². The third-order valence-corrected chi connectivity index (χ3v) is 3.60. The van der Waals surface area contributed by atoms with Crippen molar-refractivity contribution in [3.8, 4) is 5.75 Å². The molecule has 3 rings (SSSR count). The van der Waals surface area contributed by atoms with E-state index in [9.17, 15) is 9.59 Å². The molecule has 0 aromatic heterocycles. The highest BCUT2D eigenvalue weighted by Gasteiger charge is 2.57. The summed E-state index contributed by atoms with van der Waals surface area (Å²) >= 11 is 0. The number of para-hydroxylation sites is 1.